The van der Waals surface area contributed by atoms with Crippen molar-refractivity contribution in [2.75, 3.05) is 44.2 Å². The number of piperidine rings is 1. The maximum atomic E-state index is 13.0. The second-order valence-electron chi connectivity index (χ2n) is 8.79. The number of aryl methyl sites for hydroxylation is 2. The van der Waals surface area contributed by atoms with Gasteiger partial charge in [0.2, 0.25) is 5.91 Å². The molecule has 32 heavy (non-hydrogen) atoms. The molecule has 0 aliphatic carbocycles. The van der Waals surface area contributed by atoms with Gasteiger partial charge in [-0.2, -0.15) is 18.3 Å². The molecule has 0 bridgehead atoms. The van der Waals surface area contributed by atoms with E-state index in [2.05, 4.69) is 10.00 Å². The van der Waals surface area contributed by atoms with Gasteiger partial charge in [-0.15, -0.1) is 0 Å². The van der Waals surface area contributed by atoms with Gasteiger partial charge >= 0.3 is 6.18 Å². The Morgan fingerprint density at radius 3 is 2.50 bits per heavy atom. The molecule has 2 fully saturated rings. The number of piperazine rings is 1. The van der Waals surface area contributed by atoms with Crippen molar-refractivity contribution in [3.63, 3.8) is 0 Å². The Bertz CT molecular complexity index is 949. The zero-order valence-corrected chi connectivity index (χ0v) is 18.6. The third kappa shape index (κ3) is 5.09. The SMILES string of the molecule is Cc1cc(C)n(CC(=O)N2CCC[C@H](N3CCN(c4cccc(C(F)(F)F)c4)CC3)C2)n1. The predicted octanol–water partition coefficient (Wildman–Crippen LogP) is 3.33. The molecule has 2 aliphatic heterocycles. The Morgan fingerprint density at radius 1 is 1.09 bits per heavy atom. The van der Waals surface area contributed by atoms with Gasteiger partial charge in [-0.1, -0.05) is 6.07 Å². The molecular weight excluding hydrogens is 419 g/mol. The summed E-state index contributed by atoms with van der Waals surface area (Å²) in [6, 6.07) is 7.81. The molecule has 9 heteroatoms. The van der Waals surface area contributed by atoms with E-state index in [9.17, 15) is 18.0 Å². The molecule has 3 heterocycles. The number of hydrogen-bond acceptors (Lipinski definition) is 4. The monoisotopic (exact) mass is 449 g/mol. The summed E-state index contributed by atoms with van der Waals surface area (Å²) in [5.41, 5.74) is 1.90. The van der Waals surface area contributed by atoms with Crippen LogP contribution in [0.5, 0.6) is 0 Å². The minimum Gasteiger partial charge on any atom is -0.369 e. The lowest BCUT2D eigenvalue weighted by molar-refractivity contribution is -0.137. The molecule has 0 spiro atoms. The fraction of sp³-hybridized carbons (Fsp3) is 0.565. The fourth-order valence-corrected chi connectivity index (χ4v) is 4.77. The third-order valence-corrected chi connectivity index (χ3v) is 6.51. The van der Waals surface area contributed by atoms with Gasteiger partial charge in [-0.3, -0.25) is 14.4 Å². The molecule has 1 aromatic heterocycles. The molecule has 0 saturated carbocycles. The van der Waals surface area contributed by atoms with Crippen molar-refractivity contribution in [2.24, 2.45) is 0 Å². The number of hydrogen-bond donors (Lipinski definition) is 0. The topological polar surface area (TPSA) is 44.6 Å². The lowest BCUT2D eigenvalue weighted by Gasteiger charge is -2.44. The molecule has 1 aromatic carbocycles. The lowest BCUT2D eigenvalue weighted by atomic mass is 10.0. The van der Waals surface area contributed by atoms with Crippen LogP contribution in [0.1, 0.15) is 29.8 Å². The van der Waals surface area contributed by atoms with Crippen LogP contribution >= 0.6 is 0 Å². The van der Waals surface area contributed by atoms with Crippen LogP contribution in [0.3, 0.4) is 0 Å². The highest BCUT2D eigenvalue weighted by molar-refractivity contribution is 5.76. The first kappa shape index (κ1) is 22.6. The quantitative estimate of drug-likeness (QED) is 0.718. The molecule has 0 unspecified atom stereocenters. The smallest absolute Gasteiger partial charge is 0.369 e. The van der Waals surface area contributed by atoms with Crippen LogP contribution in [0.25, 0.3) is 0 Å². The number of halogens is 3. The van der Waals surface area contributed by atoms with Gasteiger partial charge < -0.3 is 9.80 Å². The van der Waals surface area contributed by atoms with Gasteiger partial charge in [0.05, 0.1) is 11.3 Å². The van der Waals surface area contributed by atoms with E-state index in [4.69, 9.17) is 0 Å². The molecular formula is C23H30F3N5O. The first-order valence-corrected chi connectivity index (χ1v) is 11.2. The molecule has 2 saturated heterocycles. The summed E-state index contributed by atoms with van der Waals surface area (Å²) in [4.78, 5) is 19.2. The van der Waals surface area contributed by atoms with Gasteiger partial charge in [0.25, 0.3) is 0 Å². The highest BCUT2D eigenvalue weighted by Crippen LogP contribution is 2.32. The number of anilines is 1. The average Bonchev–Trinajstić information content (AvgIpc) is 3.10. The summed E-state index contributed by atoms with van der Waals surface area (Å²) >= 11 is 0. The summed E-state index contributed by atoms with van der Waals surface area (Å²) < 4.78 is 40.9. The summed E-state index contributed by atoms with van der Waals surface area (Å²) in [5, 5.41) is 4.40. The van der Waals surface area contributed by atoms with E-state index in [0.717, 1.165) is 49.9 Å². The van der Waals surface area contributed by atoms with E-state index < -0.39 is 11.7 Å². The van der Waals surface area contributed by atoms with Crippen LogP contribution in [-0.2, 0) is 17.5 Å². The Labute approximate surface area is 186 Å². The van der Waals surface area contributed by atoms with Gasteiger partial charge in [0.1, 0.15) is 6.54 Å². The Hall–Kier alpha value is -2.55. The number of carbonyl (C=O) groups excluding carboxylic acids is 1. The third-order valence-electron chi connectivity index (χ3n) is 6.51. The Balaban J connectivity index is 1.33. The zero-order chi connectivity index (χ0) is 22.9. The van der Waals surface area contributed by atoms with Gasteiger partial charge in [0.15, 0.2) is 0 Å². The van der Waals surface area contributed by atoms with E-state index in [1.165, 1.54) is 12.1 Å². The van der Waals surface area contributed by atoms with E-state index in [1.807, 2.05) is 29.7 Å². The molecule has 4 rings (SSSR count). The van der Waals surface area contributed by atoms with E-state index in [0.29, 0.717) is 25.3 Å². The molecule has 1 amide bonds. The van der Waals surface area contributed by atoms with E-state index in [1.54, 1.807) is 10.7 Å². The maximum Gasteiger partial charge on any atom is 0.416 e. The fourth-order valence-electron chi connectivity index (χ4n) is 4.77. The summed E-state index contributed by atoms with van der Waals surface area (Å²) in [6.45, 7) is 8.51. The normalized spacial score (nSPS) is 20.6. The van der Waals surface area contributed by atoms with Gasteiger partial charge in [-0.25, -0.2) is 0 Å². The largest absolute Gasteiger partial charge is 0.416 e. The standard InChI is InChI=1S/C23H30F3N5O/c1-17-13-18(2)31(27-17)16-22(32)30-8-4-7-21(15-30)29-11-9-28(10-12-29)20-6-3-5-19(14-20)23(24,25)26/h3,5-6,13-14,21H,4,7-12,15-16H2,1-2H3/t21-/m0/s1. The molecule has 1 atom stereocenters. The Kier molecular flexibility index (Phi) is 6.46. The minimum atomic E-state index is -4.33. The number of alkyl halides is 3. The number of nitrogens with zero attached hydrogens (tertiary/aromatic N) is 5. The molecule has 6 nitrogen and oxygen atoms in total. The Morgan fingerprint density at radius 2 is 1.84 bits per heavy atom. The molecule has 174 valence electrons. The number of rotatable bonds is 4. The number of aromatic nitrogens is 2. The zero-order valence-electron chi connectivity index (χ0n) is 18.6. The number of likely N-dealkylation sites (tertiary alicyclic amines) is 1. The van der Waals surface area contributed by atoms with Crippen LogP contribution in [0.4, 0.5) is 18.9 Å². The van der Waals surface area contributed by atoms with Crippen LogP contribution in [-0.4, -0.2) is 70.8 Å². The van der Waals surface area contributed by atoms with Gasteiger partial charge in [-0.05, 0) is 51.0 Å². The van der Waals surface area contributed by atoms with Crippen LogP contribution in [0, 0.1) is 13.8 Å². The first-order chi connectivity index (χ1) is 15.2. The predicted molar refractivity (Wildman–Crippen MR) is 117 cm³/mol. The average molecular weight is 450 g/mol. The van der Waals surface area contributed by atoms with Crippen molar-refractivity contribution < 1.29 is 18.0 Å². The molecule has 0 N–H and O–H groups in total. The maximum absolute atomic E-state index is 13.0. The van der Waals surface area contributed by atoms with Crippen LogP contribution < -0.4 is 4.90 Å². The number of amides is 1. The van der Waals surface area contributed by atoms with Crippen molar-refractivity contribution in [1.29, 1.82) is 0 Å². The van der Waals surface area contributed by atoms with Crippen molar-refractivity contribution in [2.45, 2.75) is 45.5 Å². The second kappa shape index (κ2) is 9.13. The van der Waals surface area contributed by atoms with Crippen molar-refractivity contribution in [3.8, 4) is 0 Å². The van der Waals surface area contributed by atoms with Gasteiger partial charge in [0, 0.05) is 56.7 Å². The van der Waals surface area contributed by atoms with Crippen molar-refractivity contribution in [1.82, 2.24) is 19.6 Å². The first-order valence-electron chi connectivity index (χ1n) is 11.2. The molecule has 2 aromatic rings. The second-order valence-corrected chi connectivity index (χ2v) is 8.79. The number of benzene rings is 1. The van der Waals surface area contributed by atoms with Crippen molar-refractivity contribution in [3.05, 3.63) is 47.3 Å². The molecule has 2 aliphatic rings. The van der Waals surface area contributed by atoms with Crippen molar-refractivity contribution >= 4 is 11.6 Å². The summed E-state index contributed by atoms with van der Waals surface area (Å²) in [7, 11) is 0. The minimum absolute atomic E-state index is 0.0866. The van der Waals surface area contributed by atoms with E-state index in [-0.39, 0.29) is 18.5 Å². The van der Waals surface area contributed by atoms with Crippen LogP contribution in [0.15, 0.2) is 30.3 Å². The lowest BCUT2D eigenvalue weighted by Crippen LogP contribution is -2.56. The molecule has 0 radical (unpaired) electrons. The number of carbonyl (C=O) groups is 1. The summed E-state index contributed by atoms with van der Waals surface area (Å²) in [6.07, 6.45) is -2.34. The van der Waals surface area contributed by atoms with Crippen LogP contribution in [0.2, 0.25) is 0 Å². The highest BCUT2D eigenvalue weighted by Gasteiger charge is 2.32. The van der Waals surface area contributed by atoms with E-state index >= 15 is 0 Å². The summed E-state index contributed by atoms with van der Waals surface area (Å²) in [5.74, 6) is 0.0866. The highest BCUT2D eigenvalue weighted by atomic mass is 19.4.